The van der Waals surface area contributed by atoms with Crippen LogP contribution in [0.1, 0.15) is 134 Å². The van der Waals surface area contributed by atoms with Gasteiger partial charge in [-0.3, -0.25) is 6.08 Å². The van der Waals surface area contributed by atoms with Crippen molar-refractivity contribution >= 4 is 24.8 Å². The zero-order valence-electron chi connectivity index (χ0n) is 36.7. The third-order valence-corrected chi connectivity index (χ3v) is 12.3. The number of benzene rings is 6. The van der Waals surface area contributed by atoms with Crippen LogP contribution in [0.25, 0.3) is 32.7 Å². The van der Waals surface area contributed by atoms with Gasteiger partial charge in [-0.1, -0.05) is 106 Å². The monoisotopic (exact) mass is 880 g/mol. The average molecular weight is 883 g/mol. The quantitative estimate of drug-likeness (QED) is 0.153. The molecule has 6 aromatic rings. The number of allylic oxidation sites excluding steroid dienone is 4. The van der Waals surface area contributed by atoms with Crippen molar-refractivity contribution in [2.75, 3.05) is 0 Å². The molecular weight excluding hydrogens is 823 g/mol. The van der Waals surface area contributed by atoms with Crippen LogP contribution in [0.3, 0.4) is 0 Å². The summed E-state index contributed by atoms with van der Waals surface area (Å²) in [5.74, 6) is 0. The molecule has 0 heterocycles. The van der Waals surface area contributed by atoms with Crippen LogP contribution >= 0.6 is 0 Å². The van der Waals surface area contributed by atoms with E-state index in [-0.39, 0.29) is 46.5 Å². The summed E-state index contributed by atoms with van der Waals surface area (Å²) >= 11 is 1.44. The van der Waals surface area contributed by atoms with Crippen molar-refractivity contribution in [3.63, 3.8) is 0 Å². The van der Waals surface area contributed by atoms with Crippen LogP contribution < -0.4 is 24.8 Å². The number of rotatable bonds is 2. The van der Waals surface area contributed by atoms with Crippen LogP contribution in [-0.4, -0.2) is 3.21 Å². The Kier molecular flexibility index (Phi) is 15.1. The van der Waals surface area contributed by atoms with Gasteiger partial charge in [-0.05, 0) is 39.4 Å². The minimum absolute atomic E-state index is 0. The molecule has 0 aliphatic heterocycles. The van der Waals surface area contributed by atoms with Gasteiger partial charge in [0, 0.05) is 0 Å². The van der Waals surface area contributed by atoms with Crippen LogP contribution in [-0.2, 0) is 52.3 Å². The fourth-order valence-electron chi connectivity index (χ4n) is 7.82. The molecule has 2 aliphatic rings. The molecule has 0 bridgehead atoms. The molecule has 0 unspecified atom stereocenters. The van der Waals surface area contributed by atoms with Gasteiger partial charge in [-0.15, -0.1) is 23.1 Å². The third kappa shape index (κ3) is 10.9. The second-order valence-corrected chi connectivity index (χ2v) is 20.9. The summed E-state index contributed by atoms with van der Waals surface area (Å²) < 4.78 is 1.41. The summed E-state index contributed by atoms with van der Waals surface area (Å²) in [4.78, 5) is 0. The van der Waals surface area contributed by atoms with Crippen molar-refractivity contribution < 1.29 is 49.0 Å². The molecule has 0 saturated carbocycles. The molecule has 300 valence electrons. The molecule has 0 aromatic heterocycles. The van der Waals surface area contributed by atoms with Crippen molar-refractivity contribution in [3.05, 3.63) is 178 Å². The van der Waals surface area contributed by atoms with Crippen LogP contribution in [0.4, 0.5) is 0 Å². The second-order valence-electron chi connectivity index (χ2n) is 19.7. The summed E-state index contributed by atoms with van der Waals surface area (Å²) in [6.07, 6.45) is 11.0. The van der Waals surface area contributed by atoms with E-state index in [1.165, 1.54) is 105 Å². The van der Waals surface area contributed by atoms with Crippen molar-refractivity contribution in [2.24, 2.45) is 0 Å². The first-order chi connectivity index (χ1) is 26.2. The molecule has 58 heavy (non-hydrogen) atoms. The summed E-state index contributed by atoms with van der Waals surface area (Å²) in [7, 11) is 0. The van der Waals surface area contributed by atoms with Crippen LogP contribution in [0.2, 0.25) is 0 Å². The molecule has 2 aliphatic carbocycles. The normalized spacial score (nSPS) is 13.1. The van der Waals surface area contributed by atoms with E-state index in [1.807, 2.05) is 12.2 Å². The molecule has 0 spiro atoms. The Bertz CT molecular complexity index is 2300. The fraction of sp³-hybridized carbons (Fsp3) is 0.327. The maximum atomic E-state index is 3.90. The minimum atomic E-state index is 0. The molecule has 6 aromatic carbocycles. The summed E-state index contributed by atoms with van der Waals surface area (Å²) in [6, 6.07) is 42.0. The molecule has 0 atom stereocenters. The van der Waals surface area contributed by atoms with Gasteiger partial charge in [0.2, 0.25) is 0 Å². The van der Waals surface area contributed by atoms with Crippen LogP contribution in [0.5, 0.6) is 0 Å². The van der Waals surface area contributed by atoms with Gasteiger partial charge in [0.15, 0.2) is 0 Å². The van der Waals surface area contributed by atoms with Crippen LogP contribution in [0.15, 0.2) is 121 Å². The standard InChI is InChI=1S/C29H41.C21H14.C5H5.2ClH.Zr/c1-26(2,3)22-14-18-13-19-15-23(27(4,5)6)25(29(10,11)12)17-21(19)20(18)16-24(22)28(7,8)9;1-3-7-20-14-16(9-11-18(20)5-1)13-17-10-12-19-6-2-4-8-21(19)15-17;1-2-4-5-3-1;;;/h14,16-17H,13H2,1-12H3;1-12,14-15H;1-3H,4H2;2*1H;/q-1;;-1;;;+2/p-2. The number of hydrogen-bond donors (Lipinski definition) is 0. The molecule has 0 nitrogen and oxygen atoms in total. The van der Waals surface area contributed by atoms with E-state index in [2.05, 4.69) is 204 Å². The summed E-state index contributed by atoms with van der Waals surface area (Å²) in [5, 5.41) is 5.21. The van der Waals surface area contributed by atoms with E-state index in [4.69, 9.17) is 0 Å². The average Bonchev–Trinajstić information content (AvgIpc) is 3.84. The molecule has 0 fully saturated rings. The SMILES string of the molecule is CC(C)(C)c1[c-]c2c(cc1C(C)(C)C)-c1cc(C(C)(C)C)c(C(C)(C)C)cc1C2.[C-]1=CC=CC1.[Cl-].[Cl-].[Zr+2]=[C](c1ccc2ccccc2c1)c1ccc2ccccc2c1. The first kappa shape index (κ1) is 47.3. The van der Waals surface area contributed by atoms with Crippen molar-refractivity contribution in [1.82, 2.24) is 0 Å². The molecule has 0 N–H and O–H groups in total. The number of hydrogen-bond acceptors (Lipinski definition) is 0. The van der Waals surface area contributed by atoms with E-state index in [1.54, 1.807) is 0 Å². The van der Waals surface area contributed by atoms with Crippen molar-refractivity contribution in [2.45, 2.75) is 118 Å². The molecule has 0 radical (unpaired) electrons. The topological polar surface area (TPSA) is 0 Å². The van der Waals surface area contributed by atoms with Gasteiger partial charge in [0.1, 0.15) is 0 Å². The third-order valence-electron chi connectivity index (χ3n) is 10.9. The molecule has 0 amide bonds. The van der Waals surface area contributed by atoms with Crippen molar-refractivity contribution in [1.29, 1.82) is 0 Å². The van der Waals surface area contributed by atoms with Gasteiger partial charge in [-0.2, -0.15) is 23.8 Å². The zero-order valence-corrected chi connectivity index (χ0v) is 40.7. The van der Waals surface area contributed by atoms with Crippen LogP contribution in [0, 0.1) is 12.1 Å². The molecule has 3 heteroatoms. The summed E-state index contributed by atoms with van der Waals surface area (Å²) in [6.45, 7) is 28.0. The molecule has 8 rings (SSSR count). The zero-order chi connectivity index (χ0) is 40.6. The predicted octanol–water partition coefficient (Wildman–Crippen LogP) is 8.67. The maximum absolute atomic E-state index is 3.90. The Balaban J connectivity index is 0.000000227. The van der Waals surface area contributed by atoms with E-state index in [9.17, 15) is 0 Å². The van der Waals surface area contributed by atoms with Gasteiger partial charge in [-0.25, -0.2) is 12.2 Å². The first-order valence-corrected chi connectivity index (χ1v) is 21.5. The van der Waals surface area contributed by atoms with Crippen molar-refractivity contribution in [3.8, 4) is 11.1 Å². The molecule has 0 saturated heterocycles. The van der Waals surface area contributed by atoms with Gasteiger partial charge < -0.3 is 24.8 Å². The molecular formula is C55H60Cl2Zr-2. The van der Waals surface area contributed by atoms with E-state index in [0.717, 1.165) is 12.8 Å². The second kappa shape index (κ2) is 18.5. The number of fused-ring (bicyclic) bond motifs is 5. The first-order valence-electron chi connectivity index (χ1n) is 20.3. The van der Waals surface area contributed by atoms with Gasteiger partial charge >= 0.3 is 145 Å². The Morgan fingerprint density at radius 1 is 0.517 bits per heavy atom. The van der Waals surface area contributed by atoms with Gasteiger partial charge in [0.05, 0.1) is 0 Å². The Morgan fingerprint density at radius 3 is 1.40 bits per heavy atom. The Morgan fingerprint density at radius 2 is 0.983 bits per heavy atom. The van der Waals surface area contributed by atoms with E-state index >= 15 is 0 Å². The van der Waals surface area contributed by atoms with E-state index < -0.39 is 0 Å². The summed E-state index contributed by atoms with van der Waals surface area (Å²) in [5.41, 5.74) is 14.6. The fourth-order valence-corrected chi connectivity index (χ4v) is 8.59. The number of halogens is 2. The van der Waals surface area contributed by atoms with Gasteiger partial charge in [0.25, 0.3) is 0 Å². The Hall–Kier alpha value is -3.35. The Labute approximate surface area is 377 Å². The van der Waals surface area contributed by atoms with E-state index in [0.29, 0.717) is 0 Å². The predicted molar refractivity (Wildman–Crippen MR) is 241 cm³/mol.